The zero-order valence-electron chi connectivity index (χ0n) is 16.2. The van der Waals surface area contributed by atoms with E-state index in [1.54, 1.807) is 47.9 Å². The fourth-order valence-electron chi connectivity index (χ4n) is 3.31. The number of hydrogen-bond acceptors (Lipinski definition) is 3. The molecule has 0 fully saturated rings. The number of amides is 1. The first-order valence-corrected chi connectivity index (χ1v) is 9.59. The number of nitrogens with zero attached hydrogens (tertiary/aromatic N) is 2. The number of nitrogens with one attached hydrogen (secondary N) is 1. The van der Waals surface area contributed by atoms with E-state index in [2.05, 4.69) is 10.3 Å². The molecule has 1 amide bonds. The number of carbonyl (C=O) groups excluding carboxylic acids is 1. The van der Waals surface area contributed by atoms with Crippen LogP contribution in [0.2, 0.25) is 5.02 Å². The Hall–Kier alpha value is -3.51. The van der Waals surface area contributed by atoms with Crippen molar-refractivity contribution < 1.29 is 9.18 Å². The van der Waals surface area contributed by atoms with E-state index in [-0.39, 0.29) is 16.1 Å². The molecular formula is C23H17ClFN3O2. The van der Waals surface area contributed by atoms with E-state index in [1.165, 1.54) is 12.1 Å². The summed E-state index contributed by atoms with van der Waals surface area (Å²) in [6.45, 7) is 3.60. The standard InChI is InChI=1S/C23H17ClFN3O2/c1-13-11-16(28-14(2)26-21-6-4-3-5-17(21)23(28)30)8-10-20(13)27-22(29)15-7-9-19(25)18(24)12-15/h3-12H,1-2H3,(H,27,29). The molecule has 4 rings (SSSR count). The summed E-state index contributed by atoms with van der Waals surface area (Å²) < 4.78 is 14.9. The SMILES string of the molecule is Cc1cc(-n2c(C)nc3ccccc3c2=O)ccc1NC(=O)c1ccc(F)c(Cl)c1. The molecule has 0 aliphatic heterocycles. The van der Waals surface area contributed by atoms with Gasteiger partial charge in [0.15, 0.2) is 0 Å². The van der Waals surface area contributed by atoms with Gasteiger partial charge in [0, 0.05) is 11.3 Å². The number of para-hydroxylation sites is 1. The molecule has 1 N–H and O–H groups in total. The monoisotopic (exact) mass is 421 g/mol. The Morgan fingerprint density at radius 2 is 1.83 bits per heavy atom. The van der Waals surface area contributed by atoms with Gasteiger partial charge < -0.3 is 5.32 Å². The van der Waals surface area contributed by atoms with E-state index in [0.29, 0.717) is 28.1 Å². The first kappa shape index (κ1) is 19.8. The van der Waals surface area contributed by atoms with Gasteiger partial charge in [-0.2, -0.15) is 0 Å². The number of benzene rings is 3. The summed E-state index contributed by atoms with van der Waals surface area (Å²) in [4.78, 5) is 30.0. The lowest BCUT2D eigenvalue weighted by molar-refractivity contribution is 0.102. The third-order valence-corrected chi connectivity index (χ3v) is 5.13. The average Bonchev–Trinajstić information content (AvgIpc) is 2.72. The van der Waals surface area contributed by atoms with Crippen molar-refractivity contribution in [1.29, 1.82) is 0 Å². The Labute approximate surface area is 176 Å². The number of aromatic nitrogens is 2. The average molecular weight is 422 g/mol. The maximum absolute atomic E-state index is 13.3. The van der Waals surface area contributed by atoms with Gasteiger partial charge in [-0.25, -0.2) is 9.37 Å². The Balaban J connectivity index is 1.69. The number of carbonyl (C=O) groups is 1. The molecule has 30 heavy (non-hydrogen) atoms. The summed E-state index contributed by atoms with van der Waals surface area (Å²) in [6, 6.07) is 16.2. The highest BCUT2D eigenvalue weighted by molar-refractivity contribution is 6.31. The smallest absolute Gasteiger partial charge is 0.265 e. The third-order valence-electron chi connectivity index (χ3n) is 4.84. The second-order valence-electron chi connectivity index (χ2n) is 6.90. The first-order chi connectivity index (χ1) is 14.3. The molecule has 0 saturated carbocycles. The lowest BCUT2D eigenvalue weighted by Gasteiger charge is -2.14. The quantitative estimate of drug-likeness (QED) is 0.503. The number of hydrogen-bond donors (Lipinski definition) is 1. The van der Waals surface area contributed by atoms with Crippen molar-refractivity contribution in [2.45, 2.75) is 13.8 Å². The van der Waals surface area contributed by atoms with Gasteiger partial charge >= 0.3 is 0 Å². The van der Waals surface area contributed by atoms with Crippen LogP contribution in [-0.4, -0.2) is 15.5 Å². The Bertz CT molecular complexity index is 1360. The van der Waals surface area contributed by atoms with E-state index < -0.39 is 11.7 Å². The number of anilines is 1. The number of fused-ring (bicyclic) bond motifs is 1. The molecule has 0 aliphatic carbocycles. The maximum Gasteiger partial charge on any atom is 0.265 e. The minimum Gasteiger partial charge on any atom is -0.322 e. The minimum absolute atomic E-state index is 0.117. The fraction of sp³-hybridized carbons (Fsp3) is 0.0870. The van der Waals surface area contributed by atoms with E-state index >= 15 is 0 Å². The van der Waals surface area contributed by atoms with Crippen molar-refractivity contribution in [2.75, 3.05) is 5.32 Å². The van der Waals surface area contributed by atoms with Crippen LogP contribution in [-0.2, 0) is 0 Å². The largest absolute Gasteiger partial charge is 0.322 e. The molecule has 3 aromatic carbocycles. The number of aryl methyl sites for hydroxylation is 2. The number of rotatable bonds is 3. The molecule has 0 bridgehead atoms. The molecule has 0 radical (unpaired) electrons. The first-order valence-electron chi connectivity index (χ1n) is 9.21. The van der Waals surface area contributed by atoms with Crippen LogP contribution in [0.15, 0.2) is 65.5 Å². The van der Waals surface area contributed by atoms with Crippen LogP contribution in [0.4, 0.5) is 10.1 Å². The van der Waals surface area contributed by atoms with Crippen molar-refractivity contribution in [3.8, 4) is 5.69 Å². The normalized spacial score (nSPS) is 10.9. The zero-order valence-corrected chi connectivity index (χ0v) is 17.0. The highest BCUT2D eigenvalue weighted by atomic mass is 35.5. The van der Waals surface area contributed by atoms with Crippen LogP contribution in [0.5, 0.6) is 0 Å². The van der Waals surface area contributed by atoms with Crippen LogP contribution < -0.4 is 10.9 Å². The highest BCUT2D eigenvalue weighted by Crippen LogP contribution is 2.22. The fourth-order valence-corrected chi connectivity index (χ4v) is 3.49. The van der Waals surface area contributed by atoms with Gasteiger partial charge in [-0.15, -0.1) is 0 Å². The lowest BCUT2D eigenvalue weighted by Crippen LogP contribution is -2.22. The molecule has 7 heteroatoms. The summed E-state index contributed by atoms with van der Waals surface area (Å²) in [7, 11) is 0. The van der Waals surface area contributed by atoms with Crippen molar-refractivity contribution in [1.82, 2.24) is 9.55 Å². The summed E-state index contributed by atoms with van der Waals surface area (Å²) >= 11 is 5.76. The molecule has 0 atom stereocenters. The third kappa shape index (κ3) is 3.57. The van der Waals surface area contributed by atoms with E-state index in [1.807, 2.05) is 13.0 Å². The van der Waals surface area contributed by atoms with Crippen LogP contribution in [0.25, 0.3) is 16.6 Å². The van der Waals surface area contributed by atoms with Gasteiger partial charge in [-0.1, -0.05) is 23.7 Å². The van der Waals surface area contributed by atoms with Gasteiger partial charge in [-0.3, -0.25) is 14.2 Å². The molecule has 5 nitrogen and oxygen atoms in total. The van der Waals surface area contributed by atoms with Gasteiger partial charge in [0.1, 0.15) is 11.6 Å². The van der Waals surface area contributed by atoms with Gasteiger partial charge in [0.2, 0.25) is 0 Å². The maximum atomic E-state index is 13.3. The van der Waals surface area contributed by atoms with Gasteiger partial charge in [-0.05, 0) is 67.9 Å². The molecule has 1 aromatic heterocycles. The molecule has 0 unspecified atom stereocenters. The van der Waals surface area contributed by atoms with Crippen molar-refractivity contribution >= 4 is 34.1 Å². The molecule has 0 aliphatic rings. The Morgan fingerprint density at radius 3 is 2.57 bits per heavy atom. The van der Waals surface area contributed by atoms with Crippen molar-refractivity contribution in [3.63, 3.8) is 0 Å². The Kier molecular flexibility index (Phi) is 5.10. The second kappa shape index (κ2) is 7.72. The van der Waals surface area contributed by atoms with Crippen LogP contribution >= 0.6 is 11.6 Å². The molecule has 4 aromatic rings. The van der Waals surface area contributed by atoms with Gasteiger partial charge in [0.05, 0.1) is 21.6 Å². The second-order valence-corrected chi connectivity index (χ2v) is 7.31. The summed E-state index contributed by atoms with van der Waals surface area (Å²) in [5.41, 5.74) is 2.72. The molecule has 0 spiro atoms. The molecular weight excluding hydrogens is 405 g/mol. The van der Waals surface area contributed by atoms with Gasteiger partial charge in [0.25, 0.3) is 11.5 Å². The topological polar surface area (TPSA) is 64.0 Å². The summed E-state index contributed by atoms with van der Waals surface area (Å²) in [5.74, 6) is -0.428. The number of halogens is 2. The van der Waals surface area contributed by atoms with Crippen LogP contribution in [0.3, 0.4) is 0 Å². The minimum atomic E-state index is -0.585. The predicted octanol–water partition coefficient (Wildman–Crippen LogP) is 5.05. The zero-order chi connectivity index (χ0) is 21.4. The predicted molar refractivity (Wildman–Crippen MR) is 116 cm³/mol. The van der Waals surface area contributed by atoms with Crippen LogP contribution in [0.1, 0.15) is 21.7 Å². The van der Waals surface area contributed by atoms with E-state index in [4.69, 9.17) is 11.6 Å². The molecule has 150 valence electrons. The molecule has 0 saturated heterocycles. The lowest BCUT2D eigenvalue weighted by atomic mass is 10.1. The van der Waals surface area contributed by atoms with Crippen molar-refractivity contribution in [3.05, 3.63) is 98.8 Å². The summed E-state index contributed by atoms with van der Waals surface area (Å²) in [5, 5.41) is 3.20. The van der Waals surface area contributed by atoms with Crippen LogP contribution in [0, 0.1) is 19.7 Å². The Morgan fingerprint density at radius 1 is 1.07 bits per heavy atom. The van der Waals surface area contributed by atoms with E-state index in [0.717, 1.165) is 11.6 Å². The highest BCUT2D eigenvalue weighted by Gasteiger charge is 2.13. The summed E-state index contributed by atoms with van der Waals surface area (Å²) in [6.07, 6.45) is 0. The molecule has 1 heterocycles. The van der Waals surface area contributed by atoms with Crippen molar-refractivity contribution in [2.24, 2.45) is 0 Å². The van der Waals surface area contributed by atoms with E-state index in [9.17, 15) is 14.0 Å².